The van der Waals surface area contributed by atoms with Crippen molar-refractivity contribution in [2.24, 2.45) is 0 Å². The number of unbranched alkanes of at least 4 members (excludes halogenated alkanes) is 1. The molecule has 0 fully saturated rings. The van der Waals surface area contributed by atoms with Crippen molar-refractivity contribution >= 4 is 33.2 Å². The minimum Gasteiger partial charge on any atom is -0.497 e. The van der Waals surface area contributed by atoms with Gasteiger partial charge in [-0.25, -0.2) is 8.42 Å². The van der Waals surface area contributed by atoms with Gasteiger partial charge in [-0.3, -0.25) is 24.0 Å². The van der Waals surface area contributed by atoms with E-state index in [2.05, 4.69) is 5.32 Å². The van der Waals surface area contributed by atoms with Crippen molar-refractivity contribution in [3.8, 4) is 5.75 Å². The fourth-order valence-electron chi connectivity index (χ4n) is 3.93. The number of nitro groups is 1. The van der Waals surface area contributed by atoms with E-state index in [1.165, 1.54) is 24.1 Å². The highest BCUT2D eigenvalue weighted by molar-refractivity contribution is 7.92. The number of aryl methyl sites for hydroxylation is 1. The SMILES string of the molecule is CCCCNC(=O)C(CC)N(Cc1ccc(OC)cc1)C(=O)CN(c1cc([N+](=O)[O-])ccc1C)S(C)(=O)=O. The molecule has 0 aliphatic rings. The molecule has 0 heterocycles. The summed E-state index contributed by atoms with van der Waals surface area (Å²) in [5.41, 5.74) is 0.889. The Morgan fingerprint density at radius 2 is 1.79 bits per heavy atom. The van der Waals surface area contributed by atoms with Gasteiger partial charge in [-0.1, -0.05) is 38.5 Å². The summed E-state index contributed by atoms with van der Waals surface area (Å²) >= 11 is 0. The lowest BCUT2D eigenvalue weighted by molar-refractivity contribution is -0.384. The average molecular weight is 549 g/mol. The number of sulfonamides is 1. The third kappa shape index (κ3) is 8.17. The standard InChI is InChI=1S/C26H36N4O7S/c1-6-8-15-27-26(32)23(7-2)28(17-20-10-13-22(37-4)14-11-20)25(31)18-29(38(5,35)36)24-16-21(30(33)34)12-9-19(24)3/h9-14,16,23H,6-8,15,17-18H2,1-5H3,(H,27,32). The van der Waals surface area contributed by atoms with Crippen LogP contribution in [0.5, 0.6) is 5.75 Å². The summed E-state index contributed by atoms with van der Waals surface area (Å²) in [6.45, 7) is 5.26. The van der Waals surface area contributed by atoms with Gasteiger partial charge in [0.1, 0.15) is 18.3 Å². The first kappa shape index (κ1) is 30.6. The van der Waals surface area contributed by atoms with Gasteiger partial charge in [-0.15, -0.1) is 0 Å². The van der Waals surface area contributed by atoms with Crippen LogP contribution >= 0.6 is 0 Å². The number of methoxy groups -OCH3 is 1. The first-order valence-corrected chi connectivity index (χ1v) is 14.2. The highest BCUT2D eigenvalue weighted by Crippen LogP contribution is 2.28. The summed E-state index contributed by atoms with van der Waals surface area (Å²) in [5.74, 6) is -0.324. The Kier molecular flexibility index (Phi) is 11.1. The fraction of sp³-hybridized carbons (Fsp3) is 0.462. The maximum Gasteiger partial charge on any atom is 0.271 e. The molecule has 11 nitrogen and oxygen atoms in total. The molecule has 1 atom stereocenters. The summed E-state index contributed by atoms with van der Waals surface area (Å²) < 4.78 is 31.6. The molecule has 1 unspecified atom stereocenters. The smallest absolute Gasteiger partial charge is 0.271 e. The van der Waals surface area contributed by atoms with E-state index >= 15 is 0 Å². The van der Waals surface area contributed by atoms with Crippen LogP contribution in [-0.2, 0) is 26.2 Å². The van der Waals surface area contributed by atoms with E-state index in [0.717, 1.165) is 35.0 Å². The van der Waals surface area contributed by atoms with Crippen molar-refractivity contribution in [2.45, 2.75) is 52.6 Å². The molecule has 1 N–H and O–H groups in total. The van der Waals surface area contributed by atoms with Crippen molar-refractivity contribution < 1.29 is 27.7 Å². The molecule has 2 rings (SSSR count). The molecular weight excluding hydrogens is 512 g/mol. The van der Waals surface area contributed by atoms with Crippen LogP contribution in [-0.4, -0.2) is 62.6 Å². The number of hydrogen-bond donors (Lipinski definition) is 1. The molecule has 0 bridgehead atoms. The molecule has 0 aliphatic carbocycles. The van der Waals surface area contributed by atoms with Gasteiger partial charge in [-0.2, -0.15) is 0 Å². The van der Waals surface area contributed by atoms with E-state index in [1.807, 2.05) is 6.92 Å². The Labute approximate surface area is 224 Å². The topological polar surface area (TPSA) is 139 Å². The zero-order valence-electron chi connectivity index (χ0n) is 22.5. The van der Waals surface area contributed by atoms with Crippen LogP contribution in [0.3, 0.4) is 0 Å². The van der Waals surface area contributed by atoms with Gasteiger partial charge in [0.2, 0.25) is 21.8 Å². The molecule has 208 valence electrons. The largest absolute Gasteiger partial charge is 0.497 e. The number of non-ortho nitro benzene ring substituents is 1. The van der Waals surface area contributed by atoms with E-state index in [1.54, 1.807) is 38.1 Å². The Bertz CT molecular complexity index is 1230. The first-order chi connectivity index (χ1) is 17.9. The number of nitrogens with one attached hydrogen (secondary N) is 1. The van der Waals surface area contributed by atoms with Gasteiger partial charge in [0, 0.05) is 25.2 Å². The van der Waals surface area contributed by atoms with Gasteiger partial charge in [-0.05, 0) is 43.0 Å². The molecule has 38 heavy (non-hydrogen) atoms. The van der Waals surface area contributed by atoms with Gasteiger partial charge in [0.05, 0.1) is 24.0 Å². The highest BCUT2D eigenvalue weighted by atomic mass is 32.2. The number of anilines is 1. The lowest BCUT2D eigenvalue weighted by Crippen LogP contribution is -2.52. The summed E-state index contributed by atoms with van der Waals surface area (Å²) in [6, 6.07) is 9.97. The molecule has 2 amide bonds. The lowest BCUT2D eigenvalue weighted by atomic mass is 10.1. The number of benzene rings is 2. The number of nitro benzene ring substituents is 1. The lowest BCUT2D eigenvalue weighted by Gasteiger charge is -2.33. The maximum atomic E-state index is 13.7. The Balaban J connectivity index is 2.49. The van der Waals surface area contributed by atoms with E-state index in [0.29, 0.717) is 24.3 Å². The fourth-order valence-corrected chi connectivity index (χ4v) is 4.83. The van der Waals surface area contributed by atoms with Crippen LogP contribution in [0.15, 0.2) is 42.5 Å². The molecular formula is C26H36N4O7S. The molecule has 0 radical (unpaired) electrons. The molecule has 0 aliphatic heterocycles. The van der Waals surface area contributed by atoms with Crippen molar-refractivity contribution in [3.63, 3.8) is 0 Å². The number of amides is 2. The quantitative estimate of drug-likeness (QED) is 0.217. The average Bonchev–Trinajstić information content (AvgIpc) is 2.87. The molecule has 0 saturated heterocycles. The third-order valence-corrected chi connectivity index (χ3v) is 7.21. The van der Waals surface area contributed by atoms with E-state index in [-0.39, 0.29) is 23.8 Å². The Hall–Kier alpha value is -3.67. The number of ether oxygens (including phenoxy) is 1. The highest BCUT2D eigenvalue weighted by Gasteiger charge is 2.32. The van der Waals surface area contributed by atoms with Gasteiger partial charge in [0.25, 0.3) is 5.69 Å². The zero-order chi connectivity index (χ0) is 28.5. The number of nitrogens with zero attached hydrogens (tertiary/aromatic N) is 3. The van der Waals surface area contributed by atoms with Crippen LogP contribution in [0, 0.1) is 17.0 Å². The van der Waals surface area contributed by atoms with Crippen molar-refractivity contribution in [1.29, 1.82) is 0 Å². The molecule has 12 heteroatoms. The van der Waals surface area contributed by atoms with Crippen LogP contribution in [0.2, 0.25) is 0 Å². The van der Waals surface area contributed by atoms with Crippen molar-refractivity contribution in [3.05, 3.63) is 63.7 Å². The Morgan fingerprint density at radius 1 is 1.13 bits per heavy atom. The van der Waals surface area contributed by atoms with Crippen LogP contribution in [0.1, 0.15) is 44.2 Å². The zero-order valence-corrected chi connectivity index (χ0v) is 23.3. The predicted molar refractivity (Wildman–Crippen MR) is 146 cm³/mol. The van der Waals surface area contributed by atoms with Crippen LogP contribution in [0.4, 0.5) is 11.4 Å². The summed E-state index contributed by atoms with van der Waals surface area (Å²) in [5, 5.41) is 14.2. The summed E-state index contributed by atoms with van der Waals surface area (Å²) in [6.07, 6.45) is 2.90. The van der Waals surface area contributed by atoms with E-state index in [4.69, 9.17) is 4.74 Å². The minimum atomic E-state index is -4.02. The maximum absolute atomic E-state index is 13.7. The van der Waals surface area contributed by atoms with Gasteiger partial charge < -0.3 is 15.0 Å². The second-order valence-electron chi connectivity index (χ2n) is 8.94. The van der Waals surface area contributed by atoms with Crippen molar-refractivity contribution in [1.82, 2.24) is 10.2 Å². The third-order valence-electron chi connectivity index (χ3n) is 6.08. The summed E-state index contributed by atoms with van der Waals surface area (Å²) in [7, 11) is -2.48. The minimum absolute atomic E-state index is 0.0277. The number of rotatable bonds is 14. The van der Waals surface area contributed by atoms with E-state index < -0.39 is 33.4 Å². The van der Waals surface area contributed by atoms with Crippen LogP contribution < -0.4 is 14.4 Å². The monoisotopic (exact) mass is 548 g/mol. The molecule has 2 aromatic carbocycles. The molecule has 0 aromatic heterocycles. The second kappa shape index (κ2) is 13.8. The van der Waals surface area contributed by atoms with Gasteiger partial charge >= 0.3 is 0 Å². The number of hydrogen-bond acceptors (Lipinski definition) is 7. The normalized spacial score (nSPS) is 11.9. The second-order valence-corrected chi connectivity index (χ2v) is 10.8. The number of carbonyl (C=O) groups is 2. The number of carbonyl (C=O) groups excluding carboxylic acids is 2. The Morgan fingerprint density at radius 3 is 2.32 bits per heavy atom. The van der Waals surface area contributed by atoms with Gasteiger partial charge in [0.15, 0.2) is 0 Å². The first-order valence-electron chi connectivity index (χ1n) is 12.4. The summed E-state index contributed by atoms with van der Waals surface area (Å²) in [4.78, 5) is 38.9. The predicted octanol–water partition coefficient (Wildman–Crippen LogP) is 3.40. The van der Waals surface area contributed by atoms with Crippen LogP contribution in [0.25, 0.3) is 0 Å². The molecule has 0 spiro atoms. The molecule has 2 aromatic rings. The van der Waals surface area contributed by atoms with Crippen molar-refractivity contribution in [2.75, 3.05) is 30.8 Å². The van der Waals surface area contributed by atoms with E-state index in [9.17, 15) is 28.1 Å². The molecule has 0 saturated carbocycles.